The second-order valence-electron chi connectivity index (χ2n) is 10.0. The molecule has 1 saturated carbocycles. The van der Waals surface area contributed by atoms with Crippen molar-refractivity contribution in [3.63, 3.8) is 0 Å². The van der Waals surface area contributed by atoms with Gasteiger partial charge in [-0.3, -0.25) is 9.69 Å². The molecule has 0 radical (unpaired) electrons. The predicted molar refractivity (Wildman–Crippen MR) is 129 cm³/mol. The molecule has 7 nitrogen and oxygen atoms in total. The lowest BCUT2D eigenvalue weighted by Gasteiger charge is -2.35. The van der Waals surface area contributed by atoms with Gasteiger partial charge in [-0.05, 0) is 74.6 Å². The molecule has 1 saturated heterocycles. The molecule has 9 heteroatoms. The summed E-state index contributed by atoms with van der Waals surface area (Å²) in [4.78, 5) is 28.0. The van der Waals surface area contributed by atoms with E-state index in [0.29, 0.717) is 16.0 Å². The maximum absolute atomic E-state index is 14.9. The topological polar surface area (TPSA) is 106 Å². The van der Waals surface area contributed by atoms with Crippen LogP contribution in [-0.4, -0.2) is 40.6 Å². The van der Waals surface area contributed by atoms with Gasteiger partial charge < -0.3 is 10.1 Å². The maximum Gasteiger partial charge on any atom is 0.411 e. The molecule has 2 bridgehead atoms. The van der Waals surface area contributed by atoms with Crippen molar-refractivity contribution in [3.8, 4) is 23.3 Å². The summed E-state index contributed by atoms with van der Waals surface area (Å²) in [7, 11) is 0. The summed E-state index contributed by atoms with van der Waals surface area (Å²) in [5.74, 6) is -0.909. The van der Waals surface area contributed by atoms with E-state index in [2.05, 4.69) is 11.4 Å². The average molecular weight is 495 g/mol. The van der Waals surface area contributed by atoms with Gasteiger partial charge in [-0.25, -0.2) is 9.18 Å². The molecule has 2 amide bonds. The van der Waals surface area contributed by atoms with E-state index in [1.54, 1.807) is 44.4 Å². The van der Waals surface area contributed by atoms with Crippen molar-refractivity contribution >= 4 is 23.3 Å². The van der Waals surface area contributed by atoms with Crippen molar-refractivity contribution in [2.45, 2.75) is 70.2 Å². The van der Waals surface area contributed by atoms with Crippen molar-refractivity contribution < 1.29 is 18.7 Å². The molecule has 1 aromatic heterocycles. The largest absolute Gasteiger partial charge is 0.444 e. The molecule has 182 valence electrons. The number of piperidine rings is 1. The number of amides is 2. The Hall–Kier alpha value is -3.43. The number of fused-ring (bicyclic) bond motifs is 2. The first-order valence-electron chi connectivity index (χ1n) is 11.6. The molecule has 1 aliphatic heterocycles. The van der Waals surface area contributed by atoms with E-state index < -0.39 is 35.5 Å². The molecule has 1 aromatic carbocycles. The fourth-order valence-corrected chi connectivity index (χ4v) is 5.72. The van der Waals surface area contributed by atoms with E-state index in [9.17, 15) is 24.5 Å². The van der Waals surface area contributed by atoms with Crippen molar-refractivity contribution in [2.24, 2.45) is 5.92 Å². The van der Waals surface area contributed by atoms with E-state index in [-0.39, 0.29) is 23.9 Å². The van der Waals surface area contributed by atoms with Gasteiger partial charge in [0.25, 0.3) is 0 Å². The summed E-state index contributed by atoms with van der Waals surface area (Å²) < 4.78 is 20.4. The van der Waals surface area contributed by atoms with Gasteiger partial charge in [0.2, 0.25) is 5.91 Å². The number of halogens is 1. The Balaban J connectivity index is 1.47. The predicted octanol–water partition coefficient (Wildman–Crippen LogP) is 4.76. The van der Waals surface area contributed by atoms with Crippen LogP contribution in [0.3, 0.4) is 0 Å². The highest BCUT2D eigenvalue weighted by Crippen LogP contribution is 2.43. The number of benzene rings is 1. The minimum atomic E-state index is -0.960. The molecule has 2 fully saturated rings. The number of carbonyl (C=O) groups excluding carboxylic acids is 2. The Morgan fingerprint density at radius 3 is 2.71 bits per heavy atom. The lowest BCUT2D eigenvalue weighted by atomic mass is 9.97. The number of rotatable bonds is 5. The molecule has 4 atom stereocenters. The number of ether oxygens (including phenoxy) is 1. The fraction of sp³-hybridized carbons (Fsp3) is 0.462. The Morgan fingerprint density at radius 1 is 1.29 bits per heavy atom. The summed E-state index contributed by atoms with van der Waals surface area (Å²) >= 11 is 1.29. The van der Waals surface area contributed by atoms with Gasteiger partial charge in [-0.2, -0.15) is 10.5 Å². The standard InChI is InChI=1S/C26H27FN4O3S/c1-26(2,3)34-25(33)31-19-7-6-17(11-19)23(31)24(32)30-18(13-28)10-16-5-4-15(12-21(16)27)20-8-9-35-22(20)14-29/h4-5,8-9,12,17-19,23H,6-7,10-11H2,1-3H3,(H,30,32). The summed E-state index contributed by atoms with van der Waals surface area (Å²) in [5, 5.41) is 23.4. The van der Waals surface area contributed by atoms with Gasteiger partial charge in [0.05, 0.1) is 6.07 Å². The van der Waals surface area contributed by atoms with E-state index in [1.165, 1.54) is 22.3 Å². The Labute approximate surface area is 208 Å². The van der Waals surface area contributed by atoms with Crippen LogP contribution < -0.4 is 5.32 Å². The molecule has 0 spiro atoms. The van der Waals surface area contributed by atoms with Crippen LogP contribution in [0.4, 0.5) is 9.18 Å². The Bertz CT molecular complexity index is 1220. The number of hydrogen-bond acceptors (Lipinski definition) is 6. The fourth-order valence-electron chi connectivity index (χ4n) is 5.01. The average Bonchev–Trinajstić information content (AvgIpc) is 3.54. The molecule has 4 rings (SSSR count). The van der Waals surface area contributed by atoms with Crippen LogP contribution in [0.25, 0.3) is 11.1 Å². The van der Waals surface area contributed by atoms with Crippen LogP contribution in [0.2, 0.25) is 0 Å². The normalized spacial score (nSPS) is 21.8. The Morgan fingerprint density at radius 2 is 2.06 bits per heavy atom. The highest BCUT2D eigenvalue weighted by molar-refractivity contribution is 7.11. The van der Waals surface area contributed by atoms with Crippen molar-refractivity contribution in [1.29, 1.82) is 10.5 Å². The van der Waals surface area contributed by atoms with Gasteiger partial charge >= 0.3 is 6.09 Å². The number of nitrogens with zero attached hydrogens (tertiary/aromatic N) is 3. The third kappa shape index (κ3) is 5.16. The quantitative estimate of drug-likeness (QED) is 0.645. The first-order chi connectivity index (χ1) is 16.6. The van der Waals surface area contributed by atoms with Crippen molar-refractivity contribution in [2.75, 3.05) is 0 Å². The highest BCUT2D eigenvalue weighted by Gasteiger charge is 2.52. The molecule has 1 aliphatic carbocycles. The maximum atomic E-state index is 14.9. The van der Waals surface area contributed by atoms with Crippen LogP contribution in [0.15, 0.2) is 29.6 Å². The summed E-state index contributed by atoms with van der Waals surface area (Å²) in [6.07, 6.45) is 1.85. The number of nitriles is 2. The minimum Gasteiger partial charge on any atom is -0.444 e. The van der Waals surface area contributed by atoms with Gasteiger partial charge in [-0.1, -0.05) is 12.1 Å². The molecule has 4 unspecified atom stereocenters. The van der Waals surface area contributed by atoms with E-state index in [1.807, 2.05) is 6.07 Å². The second-order valence-corrected chi connectivity index (χ2v) is 11.0. The number of hydrogen-bond donors (Lipinski definition) is 1. The van der Waals surface area contributed by atoms with Gasteiger partial charge in [-0.15, -0.1) is 11.3 Å². The molecule has 2 heterocycles. The monoisotopic (exact) mass is 494 g/mol. The minimum absolute atomic E-state index is 0.0165. The van der Waals surface area contributed by atoms with E-state index >= 15 is 0 Å². The molecular formula is C26H27FN4O3S. The summed E-state index contributed by atoms with van der Waals surface area (Å²) in [5.41, 5.74) is 0.838. The molecule has 2 aromatic rings. The zero-order chi connectivity index (χ0) is 25.3. The molecular weight excluding hydrogens is 467 g/mol. The number of thiophene rings is 1. The SMILES string of the molecule is CC(C)(C)OC(=O)N1C2CCC(C2)C1C(=O)NC(C#N)Cc1ccc(-c2ccsc2C#N)cc1F. The first kappa shape index (κ1) is 24.7. The van der Waals surface area contributed by atoms with E-state index in [4.69, 9.17) is 4.74 Å². The third-order valence-corrected chi connectivity index (χ3v) is 7.30. The van der Waals surface area contributed by atoms with Gasteiger partial charge in [0, 0.05) is 18.0 Å². The molecule has 35 heavy (non-hydrogen) atoms. The van der Waals surface area contributed by atoms with E-state index in [0.717, 1.165) is 19.3 Å². The zero-order valence-electron chi connectivity index (χ0n) is 19.9. The lowest BCUT2D eigenvalue weighted by molar-refractivity contribution is -0.128. The molecule has 2 aliphatic rings. The van der Waals surface area contributed by atoms with Crippen LogP contribution in [0, 0.1) is 34.4 Å². The smallest absolute Gasteiger partial charge is 0.411 e. The van der Waals surface area contributed by atoms with Crippen LogP contribution in [-0.2, 0) is 16.0 Å². The van der Waals surface area contributed by atoms with Crippen molar-refractivity contribution in [3.05, 3.63) is 45.9 Å². The van der Waals surface area contributed by atoms with Gasteiger partial charge in [0.15, 0.2) is 0 Å². The first-order valence-corrected chi connectivity index (χ1v) is 12.5. The van der Waals surface area contributed by atoms with Gasteiger partial charge in [0.1, 0.15) is 34.4 Å². The Kier molecular flexibility index (Phi) is 6.82. The summed E-state index contributed by atoms with van der Waals surface area (Å²) in [6, 6.07) is 8.82. The second kappa shape index (κ2) is 9.67. The zero-order valence-corrected chi connectivity index (χ0v) is 20.7. The number of likely N-dealkylation sites (tertiary alicyclic amines) is 1. The van der Waals surface area contributed by atoms with Crippen molar-refractivity contribution in [1.82, 2.24) is 10.2 Å². The lowest BCUT2D eigenvalue weighted by Crippen LogP contribution is -2.55. The highest BCUT2D eigenvalue weighted by atomic mass is 32.1. The van der Waals surface area contributed by atoms with Crippen LogP contribution in [0.1, 0.15) is 50.5 Å². The van der Waals surface area contributed by atoms with Crippen LogP contribution >= 0.6 is 11.3 Å². The molecule has 1 N–H and O–H groups in total. The number of carbonyl (C=O) groups is 2. The third-order valence-electron chi connectivity index (χ3n) is 6.49. The van der Waals surface area contributed by atoms with Crippen LogP contribution in [0.5, 0.6) is 0 Å². The summed E-state index contributed by atoms with van der Waals surface area (Å²) in [6.45, 7) is 5.33. The number of nitrogens with one attached hydrogen (secondary N) is 1.